The maximum atomic E-state index is 13.1. The molecule has 0 saturated carbocycles. The third kappa shape index (κ3) is 24.3. The van der Waals surface area contributed by atoms with Gasteiger partial charge in [-0.2, -0.15) is 0 Å². The Bertz CT molecular complexity index is 1700. The van der Waals surface area contributed by atoms with E-state index in [2.05, 4.69) is 85.2 Å². The number of carbonyl (C=O) groups is 1. The molecule has 0 spiro atoms. The van der Waals surface area contributed by atoms with Crippen molar-refractivity contribution in [2.24, 2.45) is 0 Å². The molecule has 3 rings (SSSR count). The number of rotatable bonds is 37. The highest BCUT2D eigenvalue weighted by atomic mass is 16.8. The zero-order valence-electron chi connectivity index (χ0n) is 44.2. The first-order valence-corrected chi connectivity index (χ1v) is 27.3. The van der Waals surface area contributed by atoms with Gasteiger partial charge in [-0.1, -0.05) is 144 Å². The molecular formula is C56H93NO18. The van der Waals surface area contributed by atoms with Gasteiger partial charge in [-0.25, -0.2) is 0 Å². The standard InChI is InChI=1S/C56H93NO18/c1-3-5-7-8-9-10-11-12-13-14-15-16-17-18-19-20-21-22-23-24-25-26-27-28-29-30-32-34-44(62)57-39(40(61)33-31-6-4-2)38-70-54-50(68)47(65)52(42(36-59)72-54)75-56-51(69)48(66)53(43(37-60)73-56)74-55-49(67)46(64)45(63)41(35-58)71-55/h5,7,9-10,12-13,15-16,18-19,21-22,31,33,39-43,45-56,58-61,63-69H,3-4,6,8,11,14,17,20,23-30,32,34-38H2,1-2H3,(H,57,62)/b7-5-,10-9-,13-12-,16-15-,19-18-,22-21-,33-31+. The summed E-state index contributed by atoms with van der Waals surface area (Å²) in [5.41, 5.74) is 0. The van der Waals surface area contributed by atoms with Crippen molar-refractivity contribution in [2.75, 3.05) is 26.4 Å². The molecule has 430 valence electrons. The van der Waals surface area contributed by atoms with Crippen LogP contribution in [0.2, 0.25) is 0 Å². The number of allylic oxidation sites excluding steroid dienone is 13. The van der Waals surface area contributed by atoms with Crippen molar-refractivity contribution in [3.63, 3.8) is 0 Å². The molecule has 17 unspecified atom stereocenters. The molecule has 3 aliphatic heterocycles. The van der Waals surface area contributed by atoms with Crippen LogP contribution in [0.5, 0.6) is 0 Å². The lowest BCUT2D eigenvalue weighted by Gasteiger charge is -2.48. The van der Waals surface area contributed by atoms with E-state index in [4.69, 9.17) is 28.4 Å². The van der Waals surface area contributed by atoms with Crippen LogP contribution in [0.1, 0.15) is 129 Å². The van der Waals surface area contributed by atoms with Crippen LogP contribution in [-0.2, 0) is 33.2 Å². The van der Waals surface area contributed by atoms with Gasteiger partial charge in [0.2, 0.25) is 5.91 Å². The zero-order chi connectivity index (χ0) is 54.8. The van der Waals surface area contributed by atoms with E-state index < -0.39 is 124 Å². The average Bonchev–Trinajstić information content (AvgIpc) is 3.40. The topological polar surface area (TPSA) is 307 Å². The van der Waals surface area contributed by atoms with Crippen molar-refractivity contribution in [1.82, 2.24) is 5.32 Å². The monoisotopic (exact) mass is 1070 g/mol. The number of hydrogen-bond donors (Lipinski definition) is 12. The first kappa shape index (κ1) is 66.3. The summed E-state index contributed by atoms with van der Waals surface area (Å²) in [7, 11) is 0. The normalized spacial score (nSPS) is 31.9. The van der Waals surface area contributed by atoms with Crippen molar-refractivity contribution in [2.45, 2.75) is 234 Å². The Labute approximate surface area is 444 Å². The second-order valence-electron chi connectivity index (χ2n) is 19.3. The summed E-state index contributed by atoms with van der Waals surface area (Å²) in [6.45, 7) is 1.32. The van der Waals surface area contributed by atoms with Crippen LogP contribution >= 0.6 is 0 Å². The molecular weight excluding hydrogens is 975 g/mol. The lowest BCUT2D eigenvalue weighted by Crippen LogP contribution is -2.66. The number of aliphatic hydroxyl groups is 11. The molecule has 1 amide bonds. The van der Waals surface area contributed by atoms with Gasteiger partial charge in [-0.3, -0.25) is 4.79 Å². The first-order chi connectivity index (χ1) is 36.3. The Kier molecular flexibility index (Phi) is 34.8. The minimum atomic E-state index is -1.98. The van der Waals surface area contributed by atoms with E-state index in [9.17, 15) is 61.0 Å². The van der Waals surface area contributed by atoms with Gasteiger partial charge in [0.1, 0.15) is 73.2 Å². The fourth-order valence-corrected chi connectivity index (χ4v) is 8.67. The van der Waals surface area contributed by atoms with E-state index in [0.717, 1.165) is 83.5 Å². The summed E-state index contributed by atoms with van der Waals surface area (Å²) in [6.07, 6.45) is 19.9. The van der Waals surface area contributed by atoms with Crippen LogP contribution < -0.4 is 5.32 Å². The highest BCUT2D eigenvalue weighted by Crippen LogP contribution is 2.33. The molecule has 19 nitrogen and oxygen atoms in total. The van der Waals surface area contributed by atoms with Crippen molar-refractivity contribution >= 4 is 5.91 Å². The Morgan fingerprint density at radius 2 is 0.920 bits per heavy atom. The fourth-order valence-electron chi connectivity index (χ4n) is 8.67. The number of carbonyl (C=O) groups excluding carboxylic acids is 1. The van der Waals surface area contributed by atoms with Crippen LogP contribution in [0, 0.1) is 0 Å². The van der Waals surface area contributed by atoms with Crippen molar-refractivity contribution in [3.8, 4) is 0 Å². The summed E-state index contributed by atoms with van der Waals surface area (Å²) in [4.78, 5) is 13.1. The molecule has 3 fully saturated rings. The Morgan fingerprint density at radius 3 is 1.41 bits per heavy atom. The Balaban J connectivity index is 1.36. The summed E-state index contributed by atoms with van der Waals surface area (Å²) in [5, 5.41) is 119. The van der Waals surface area contributed by atoms with E-state index in [0.29, 0.717) is 12.8 Å². The molecule has 19 heteroatoms. The van der Waals surface area contributed by atoms with Gasteiger partial charge >= 0.3 is 0 Å². The lowest BCUT2D eigenvalue weighted by molar-refractivity contribution is -0.379. The summed E-state index contributed by atoms with van der Waals surface area (Å²) in [6, 6.07) is -0.978. The van der Waals surface area contributed by atoms with E-state index in [1.807, 2.05) is 6.92 Å². The summed E-state index contributed by atoms with van der Waals surface area (Å²) >= 11 is 0. The zero-order valence-corrected chi connectivity index (χ0v) is 44.2. The minimum absolute atomic E-state index is 0.224. The summed E-state index contributed by atoms with van der Waals surface area (Å²) in [5.74, 6) is -0.303. The second kappa shape index (κ2) is 39.3. The molecule has 3 saturated heterocycles. The number of ether oxygens (including phenoxy) is 6. The van der Waals surface area contributed by atoms with Gasteiger partial charge in [0.25, 0.3) is 0 Å². The third-order valence-electron chi connectivity index (χ3n) is 13.2. The van der Waals surface area contributed by atoms with Crippen molar-refractivity contribution in [3.05, 3.63) is 85.1 Å². The van der Waals surface area contributed by atoms with Gasteiger partial charge in [-0.05, 0) is 64.2 Å². The molecule has 3 aliphatic rings. The van der Waals surface area contributed by atoms with Crippen LogP contribution in [0.25, 0.3) is 0 Å². The number of nitrogens with one attached hydrogen (secondary N) is 1. The third-order valence-corrected chi connectivity index (χ3v) is 13.2. The highest BCUT2D eigenvalue weighted by Gasteiger charge is 2.53. The molecule has 0 aromatic carbocycles. The van der Waals surface area contributed by atoms with Gasteiger partial charge in [0, 0.05) is 6.42 Å². The molecule has 3 heterocycles. The van der Waals surface area contributed by atoms with Gasteiger partial charge in [0.05, 0.1) is 38.6 Å². The van der Waals surface area contributed by atoms with Crippen LogP contribution in [0.3, 0.4) is 0 Å². The summed E-state index contributed by atoms with van der Waals surface area (Å²) < 4.78 is 33.9. The van der Waals surface area contributed by atoms with Gasteiger partial charge in [0.15, 0.2) is 18.9 Å². The largest absolute Gasteiger partial charge is 0.394 e. The predicted octanol–water partition coefficient (Wildman–Crippen LogP) is 3.25. The highest BCUT2D eigenvalue weighted by molar-refractivity contribution is 5.76. The van der Waals surface area contributed by atoms with E-state index >= 15 is 0 Å². The Morgan fingerprint density at radius 1 is 0.493 bits per heavy atom. The van der Waals surface area contributed by atoms with Crippen molar-refractivity contribution < 1.29 is 89.4 Å². The number of aliphatic hydroxyl groups excluding tert-OH is 11. The molecule has 0 radical (unpaired) electrons. The fraction of sp³-hybridized carbons (Fsp3) is 0.732. The maximum Gasteiger partial charge on any atom is 0.220 e. The smallest absolute Gasteiger partial charge is 0.220 e. The second-order valence-corrected chi connectivity index (χ2v) is 19.3. The van der Waals surface area contributed by atoms with Crippen LogP contribution in [0.4, 0.5) is 0 Å². The number of unbranched alkanes of at least 4 members (excludes halogenated alkanes) is 9. The van der Waals surface area contributed by atoms with E-state index in [1.165, 1.54) is 18.9 Å². The average molecular weight is 1070 g/mol. The van der Waals surface area contributed by atoms with E-state index in [1.54, 1.807) is 6.08 Å². The van der Waals surface area contributed by atoms with Crippen molar-refractivity contribution in [1.29, 1.82) is 0 Å². The quantitative estimate of drug-likeness (QED) is 0.0314. The van der Waals surface area contributed by atoms with Gasteiger partial charge in [-0.15, -0.1) is 0 Å². The number of hydrogen-bond acceptors (Lipinski definition) is 18. The van der Waals surface area contributed by atoms with Crippen LogP contribution in [0.15, 0.2) is 85.1 Å². The van der Waals surface area contributed by atoms with E-state index in [-0.39, 0.29) is 18.9 Å². The van der Waals surface area contributed by atoms with Crippen LogP contribution in [-0.4, -0.2) is 193 Å². The molecule has 0 aliphatic carbocycles. The molecule has 12 N–H and O–H groups in total. The van der Waals surface area contributed by atoms with Gasteiger partial charge < -0.3 is 89.9 Å². The SMILES string of the molecule is CC/C=C\C/C=C\C/C=C\C/C=C\C/C=C\C/C=C\CCCCCCCCCCC(=O)NC(COC1OC(CO)C(OC2OC(CO)C(OC3OC(CO)C(O)C(O)C3O)C(O)C2O)C(O)C1O)C(O)/C=C/CCC. The Hall–Kier alpha value is -3.03. The molecule has 0 aromatic rings. The molecule has 0 bridgehead atoms. The first-order valence-electron chi connectivity index (χ1n) is 27.3. The molecule has 75 heavy (non-hydrogen) atoms. The number of amides is 1. The predicted molar refractivity (Wildman–Crippen MR) is 281 cm³/mol. The lowest BCUT2D eigenvalue weighted by atomic mass is 9.96. The molecule has 17 atom stereocenters. The minimum Gasteiger partial charge on any atom is -0.394 e. The molecule has 0 aromatic heterocycles. The maximum absolute atomic E-state index is 13.1.